The third kappa shape index (κ3) is 19.5. The van der Waals surface area contributed by atoms with Crippen LogP contribution < -0.4 is 0 Å². The van der Waals surface area contributed by atoms with E-state index in [2.05, 4.69) is 97.3 Å². The molecule has 0 aromatic carbocycles. The van der Waals surface area contributed by atoms with Crippen LogP contribution in [0.4, 0.5) is 0 Å². The van der Waals surface area contributed by atoms with E-state index in [0.29, 0.717) is 10.8 Å². The Morgan fingerprint density at radius 3 is 0.976 bits per heavy atom. The lowest BCUT2D eigenvalue weighted by atomic mass is 9.67. The molecule has 42 heavy (non-hydrogen) atoms. The average Bonchev–Trinajstić information content (AvgIpc) is 2.95. The lowest BCUT2D eigenvalue weighted by molar-refractivity contribution is 0.153. The van der Waals surface area contributed by atoms with E-state index in [9.17, 15) is 0 Å². The van der Waals surface area contributed by atoms with E-state index in [1.807, 2.05) is 0 Å². The molecule has 0 bridgehead atoms. The van der Waals surface area contributed by atoms with Crippen LogP contribution in [0.15, 0.2) is 60.8 Å². The first-order chi connectivity index (χ1) is 20.0. The molecule has 0 radical (unpaired) electrons. The van der Waals surface area contributed by atoms with Crippen LogP contribution in [0.5, 0.6) is 0 Å². The Morgan fingerprint density at radius 1 is 0.405 bits per heavy atom. The van der Waals surface area contributed by atoms with Crippen molar-refractivity contribution in [1.82, 2.24) is 0 Å². The van der Waals surface area contributed by atoms with Crippen LogP contribution >= 0.6 is 50.5 Å². The van der Waals surface area contributed by atoms with Gasteiger partial charge in [-0.05, 0) is 143 Å². The van der Waals surface area contributed by atoms with Gasteiger partial charge in [-0.25, -0.2) is 0 Å². The molecule has 0 aromatic rings. The van der Waals surface area contributed by atoms with Crippen molar-refractivity contribution < 1.29 is 0 Å². The van der Waals surface area contributed by atoms with Crippen molar-refractivity contribution in [2.45, 2.75) is 142 Å². The van der Waals surface area contributed by atoms with Crippen LogP contribution in [0.1, 0.15) is 142 Å². The summed E-state index contributed by atoms with van der Waals surface area (Å²) >= 11 is 17.9. The quantitative estimate of drug-likeness (QED) is 0.0431. The molecule has 0 rings (SSSR count). The predicted octanol–water partition coefficient (Wildman–Crippen LogP) is 13.3. The lowest BCUT2D eigenvalue weighted by Crippen LogP contribution is -2.25. The molecule has 0 aliphatic rings. The zero-order valence-electron chi connectivity index (χ0n) is 27.8. The van der Waals surface area contributed by atoms with Gasteiger partial charge in [0, 0.05) is 0 Å². The number of allylic oxidation sites excluding steroid dienone is 5. The van der Waals surface area contributed by atoms with Crippen molar-refractivity contribution in [2.75, 3.05) is 23.0 Å². The van der Waals surface area contributed by atoms with Gasteiger partial charge in [0.1, 0.15) is 0 Å². The van der Waals surface area contributed by atoms with Gasteiger partial charge in [-0.15, -0.1) is 0 Å². The Hall–Kier alpha value is 0.1000. The van der Waals surface area contributed by atoms with Gasteiger partial charge < -0.3 is 0 Å². The predicted molar refractivity (Wildman–Crippen MR) is 210 cm³/mol. The number of rotatable bonds is 30. The zero-order valence-corrected chi connectivity index (χ0v) is 31.4. The van der Waals surface area contributed by atoms with Crippen LogP contribution in [0, 0.1) is 10.8 Å². The summed E-state index contributed by atoms with van der Waals surface area (Å²) in [5.41, 5.74) is 7.45. The second kappa shape index (κ2) is 25.3. The Labute approximate surface area is 285 Å². The molecule has 244 valence electrons. The summed E-state index contributed by atoms with van der Waals surface area (Å²) in [6, 6.07) is 0. The second-order valence-electron chi connectivity index (χ2n) is 13.1. The van der Waals surface area contributed by atoms with Crippen LogP contribution in [0.3, 0.4) is 0 Å². The smallest absolute Gasteiger partial charge is 0.00607 e. The average molecular weight is 653 g/mol. The molecule has 0 unspecified atom stereocenters. The molecule has 0 nitrogen and oxygen atoms in total. The molecule has 0 aliphatic heterocycles. The second-order valence-corrected chi connectivity index (χ2v) is 14.9. The van der Waals surface area contributed by atoms with E-state index in [0.717, 1.165) is 87.2 Å². The zero-order chi connectivity index (χ0) is 31.9. The van der Waals surface area contributed by atoms with Crippen molar-refractivity contribution in [1.29, 1.82) is 0 Å². The molecule has 0 fully saturated rings. The highest BCUT2D eigenvalue weighted by molar-refractivity contribution is 7.80. The minimum absolute atomic E-state index is 0.292. The highest BCUT2D eigenvalue weighted by Crippen LogP contribution is 2.47. The minimum atomic E-state index is 0.292. The van der Waals surface area contributed by atoms with Gasteiger partial charge in [-0.1, -0.05) is 93.9 Å². The van der Waals surface area contributed by atoms with Gasteiger partial charge in [-0.2, -0.15) is 50.5 Å². The van der Waals surface area contributed by atoms with E-state index in [1.54, 1.807) is 0 Å². The fraction of sp³-hybridized carbons (Fsp3) is 0.737. The van der Waals surface area contributed by atoms with E-state index in [1.165, 1.54) is 92.1 Å². The van der Waals surface area contributed by atoms with Crippen molar-refractivity contribution in [3.05, 3.63) is 60.8 Å². The van der Waals surface area contributed by atoms with E-state index >= 15 is 0 Å². The summed E-state index contributed by atoms with van der Waals surface area (Å²) in [5, 5.41) is 0. The molecule has 0 aromatic heterocycles. The maximum absolute atomic E-state index is 4.49. The van der Waals surface area contributed by atoms with E-state index in [-0.39, 0.29) is 0 Å². The summed E-state index contributed by atoms with van der Waals surface area (Å²) in [6.07, 6.45) is 23.1. The van der Waals surface area contributed by atoms with Crippen molar-refractivity contribution >= 4 is 50.5 Å². The molecule has 0 heterocycles. The standard InChI is InChI=1S/C38H68S4/c1-8-11-32(3)14-25-38(26-15-35(6)19-30-41,27-16-36(7)20-31-42)22-10-21-37(9-2,23-12-33(4)17-28-39)24-13-34(5)18-29-40/h39-42H,3-31H2,1-2H3. The van der Waals surface area contributed by atoms with Crippen molar-refractivity contribution in [3.8, 4) is 0 Å². The van der Waals surface area contributed by atoms with Gasteiger partial charge in [0.15, 0.2) is 0 Å². The van der Waals surface area contributed by atoms with Gasteiger partial charge in [0.2, 0.25) is 0 Å². The minimum Gasteiger partial charge on any atom is -0.179 e. The lowest BCUT2D eigenvalue weighted by Gasteiger charge is -2.39. The first kappa shape index (κ1) is 42.1. The fourth-order valence-electron chi connectivity index (χ4n) is 6.31. The summed E-state index contributed by atoms with van der Waals surface area (Å²) in [4.78, 5) is 0. The van der Waals surface area contributed by atoms with Gasteiger partial charge >= 0.3 is 0 Å². The molecule has 0 spiro atoms. The Bertz CT molecular complexity index is 716. The first-order valence-corrected chi connectivity index (χ1v) is 19.3. The highest BCUT2D eigenvalue weighted by atomic mass is 32.1. The molecule has 4 heteroatoms. The molecule has 0 aliphatic carbocycles. The number of hydrogen-bond donors (Lipinski definition) is 4. The molecule has 0 saturated carbocycles. The van der Waals surface area contributed by atoms with Crippen LogP contribution in [0.25, 0.3) is 0 Å². The monoisotopic (exact) mass is 652 g/mol. The molecule has 0 saturated heterocycles. The maximum atomic E-state index is 4.49. The molecule has 0 N–H and O–H groups in total. The van der Waals surface area contributed by atoms with Gasteiger partial charge in [0.05, 0.1) is 0 Å². The SMILES string of the molecule is C=C(CCS)CCC(CC)(CCCC(CCC(=C)CCC)(CCC(=C)CCS)CCC(=C)CCS)CCC(=C)CCS. The van der Waals surface area contributed by atoms with Crippen LogP contribution in [-0.4, -0.2) is 23.0 Å². The topological polar surface area (TPSA) is 0 Å². The Morgan fingerprint density at radius 2 is 0.690 bits per heavy atom. The fourth-order valence-corrected chi connectivity index (χ4v) is 7.58. The van der Waals surface area contributed by atoms with E-state index in [4.69, 9.17) is 0 Å². The Kier molecular flexibility index (Phi) is 25.4. The van der Waals surface area contributed by atoms with Gasteiger partial charge in [-0.3, -0.25) is 0 Å². The van der Waals surface area contributed by atoms with Crippen molar-refractivity contribution in [2.24, 2.45) is 10.8 Å². The first-order valence-electron chi connectivity index (χ1n) is 16.8. The van der Waals surface area contributed by atoms with Crippen molar-refractivity contribution in [3.63, 3.8) is 0 Å². The largest absolute Gasteiger partial charge is 0.179 e. The van der Waals surface area contributed by atoms with Gasteiger partial charge in [0.25, 0.3) is 0 Å². The highest BCUT2D eigenvalue weighted by Gasteiger charge is 2.33. The third-order valence-corrected chi connectivity index (χ3v) is 10.6. The van der Waals surface area contributed by atoms with Crippen LogP contribution in [-0.2, 0) is 0 Å². The summed E-state index contributed by atoms with van der Waals surface area (Å²) in [5.74, 6) is 3.54. The molecular formula is C38H68S4. The summed E-state index contributed by atoms with van der Waals surface area (Å²) in [7, 11) is 0. The molecule has 0 atom stereocenters. The number of hydrogen-bond acceptors (Lipinski definition) is 4. The third-order valence-electron chi connectivity index (χ3n) is 9.67. The molecule has 0 amide bonds. The van der Waals surface area contributed by atoms with E-state index < -0.39 is 0 Å². The normalized spacial score (nSPS) is 12.0. The number of thiol groups is 4. The maximum Gasteiger partial charge on any atom is -0.00607 e. The summed E-state index contributed by atoms with van der Waals surface area (Å²) in [6.45, 7) is 26.7. The Balaban J connectivity index is 6.02. The molecular weight excluding hydrogens is 585 g/mol. The van der Waals surface area contributed by atoms with Crippen LogP contribution in [0.2, 0.25) is 0 Å². The summed E-state index contributed by atoms with van der Waals surface area (Å²) < 4.78 is 0.